The van der Waals surface area contributed by atoms with Crippen LogP contribution in [0.1, 0.15) is 22.8 Å². The lowest BCUT2D eigenvalue weighted by molar-refractivity contribution is 0.103. The third kappa shape index (κ3) is 4.50. The lowest BCUT2D eigenvalue weighted by Crippen LogP contribution is -2.14. The van der Waals surface area contributed by atoms with Crippen LogP contribution in [0.2, 0.25) is 5.02 Å². The van der Waals surface area contributed by atoms with E-state index in [-0.39, 0.29) is 5.56 Å². The Morgan fingerprint density at radius 3 is 2.55 bits per heavy atom. The molecule has 6 nitrogen and oxygen atoms in total. The lowest BCUT2D eigenvalue weighted by Gasteiger charge is -2.10. The molecule has 4 aromatic rings. The fourth-order valence-electron chi connectivity index (χ4n) is 3.33. The van der Waals surface area contributed by atoms with Crippen molar-refractivity contribution in [2.24, 2.45) is 0 Å². The second-order valence-corrected chi connectivity index (χ2v) is 9.06. The van der Waals surface area contributed by atoms with E-state index >= 15 is 4.39 Å². The molecule has 2 N–H and O–H groups in total. The quantitative estimate of drug-likeness (QED) is 0.343. The van der Waals surface area contributed by atoms with Crippen molar-refractivity contribution in [2.75, 3.05) is 4.72 Å². The van der Waals surface area contributed by atoms with E-state index in [1.165, 1.54) is 19.2 Å². The molecule has 33 heavy (non-hydrogen) atoms. The number of pyridine rings is 1. The molecular weight excluding hydrogens is 472 g/mol. The maximum Gasteiger partial charge on any atom is 0.254 e. The summed E-state index contributed by atoms with van der Waals surface area (Å²) in [5.74, 6) is -3.40. The fraction of sp³-hybridized carbons (Fsp3) is 0.0435. The number of allylic oxidation sites excluding steroid dienone is 1. The molecule has 0 bridgehead atoms. The third-order valence-corrected chi connectivity index (χ3v) is 6.23. The zero-order chi connectivity index (χ0) is 23.8. The van der Waals surface area contributed by atoms with Gasteiger partial charge in [0.25, 0.3) is 10.0 Å². The Bertz CT molecular complexity index is 1510. The zero-order valence-electron chi connectivity index (χ0n) is 17.1. The minimum atomic E-state index is -4.02. The summed E-state index contributed by atoms with van der Waals surface area (Å²) < 4.78 is 55.5. The number of fused-ring (bicyclic) bond motifs is 1. The number of halogens is 3. The highest BCUT2D eigenvalue weighted by molar-refractivity contribution is 7.95. The summed E-state index contributed by atoms with van der Waals surface area (Å²) in [6.45, 7) is 1.47. The number of ketones is 1. The fourth-order valence-corrected chi connectivity index (χ4v) is 4.35. The van der Waals surface area contributed by atoms with Gasteiger partial charge in [-0.1, -0.05) is 29.8 Å². The average Bonchev–Trinajstić information content (AvgIpc) is 3.19. The maximum absolute atomic E-state index is 15.1. The van der Waals surface area contributed by atoms with Crippen molar-refractivity contribution in [3.63, 3.8) is 0 Å². The highest BCUT2D eigenvalue weighted by atomic mass is 35.5. The molecular formula is C23H16ClF2N3O3S. The highest BCUT2D eigenvalue weighted by Gasteiger charge is 2.25. The lowest BCUT2D eigenvalue weighted by atomic mass is 10.00. The Hall–Kier alpha value is -3.56. The highest BCUT2D eigenvalue weighted by Crippen LogP contribution is 2.30. The zero-order valence-corrected chi connectivity index (χ0v) is 18.6. The van der Waals surface area contributed by atoms with Gasteiger partial charge >= 0.3 is 0 Å². The predicted octanol–water partition coefficient (Wildman–Crippen LogP) is 5.67. The van der Waals surface area contributed by atoms with Crippen LogP contribution in [0.15, 0.2) is 66.3 Å². The van der Waals surface area contributed by atoms with Gasteiger partial charge in [-0.05, 0) is 42.8 Å². The second kappa shape index (κ2) is 8.76. The number of rotatable bonds is 6. The van der Waals surface area contributed by atoms with Crippen LogP contribution >= 0.6 is 11.6 Å². The van der Waals surface area contributed by atoms with Crippen LogP contribution in [0.3, 0.4) is 0 Å². The first-order valence-corrected chi connectivity index (χ1v) is 11.5. The number of carbonyl (C=O) groups is 1. The normalized spacial score (nSPS) is 11.9. The number of hydrogen-bond acceptors (Lipinski definition) is 4. The number of nitrogens with zero attached hydrogens (tertiary/aromatic N) is 1. The Morgan fingerprint density at radius 1 is 1.12 bits per heavy atom. The molecule has 4 rings (SSSR count). The number of carbonyl (C=O) groups excluding carboxylic acids is 1. The van der Waals surface area contributed by atoms with Gasteiger partial charge < -0.3 is 4.98 Å². The molecule has 0 saturated carbocycles. The van der Waals surface area contributed by atoms with Crippen LogP contribution in [0.25, 0.3) is 22.2 Å². The molecule has 0 radical (unpaired) electrons. The number of anilines is 1. The molecule has 168 valence electrons. The molecule has 0 amide bonds. The van der Waals surface area contributed by atoms with Gasteiger partial charge in [-0.3, -0.25) is 9.52 Å². The molecule has 0 saturated heterocycles. The molecule has 0 aliphatic heterocycles. The number of sulfonamides is 1. The van der Waals surface area contributed by atoms with E-state index < -0.39 is 38.7 Å². The van der Waals surface area contributed by atoms with E-state index in [9.17, 15) is 17.6 Å². The molecule has 0 unspecified atom stereocenters. The van der Waals surface area contributed by atoms with E-state index in [0.29, 0.717) is 21.6 Å². The van der Waals surface area contributed by atoms with Gasteiger partial charge in [0, 0.05) is 39.3 Å². The Labute approximate surface area is 193 Å². The molecule has 0 atom stereocenters. The second-order valence-electron chi connectivity index (χ2n) is 7.06. The van der Waals surface area contributed by atoms with Crippen molar-refractivity contribution >= 4 is 44.1 Å². The molecule has 2 aromatic carbocycles. The van der Waals surface area contributed by atoms with Gasteiger partial charge in [-0.15, -0.1) is 0 Å². The van der Waals surface area contributed by atoms with Gasteiger partial charge in [-0.2, -0.15) is 0 Å². The summed E-state index contributed by atoms with van der Waals surface area (Å²) in [5.41, 5.74) is 0.361. The third-order valence-electron chi connectivity index (χ3n) is 4.84. The minimum Gasteiger partial charge on any atom is -0.345 e. The first-order valence-electron chi connectivity index (χ1n) is 9.61. The molecule has 0 aliphatic carbocycles. The van der Waals surface area contributed by atoms with Gasteiger partial charge in [-0.25, -0.2) is 22.2 Å². The van der Waals surface area contributed by atoms with Gasteiger partial charge in [0.2, 0.25) is 5.78 Å². The van der Waals surface area contributed by atoms with Crippen LogP contribution in [0, 0.1) is 11.6 Å². The van der Waals surface area contributed by atoms with Crippen LogP contribution < -0.4 is 4.72 Å². The van der Waals surface area contributed by atoms with Crippen molar-refractivity contribution < 1.29 is 22.0 Å². The van der Waals surface area contributed by atoms with E-state index in [1.54, 1.807) is 36.5 Å². The molecule has 0 fully saturated rings. The van der Waals surface area contributed by atoms with E-state index in [2.05, 4.69) is 9.97 Å². The van der Waals surface area contributed by atoms with Crippen molar-refractivity contribution in [1.29, 1.82) is 0 Å². The topological polar surface area (TPSA) is 91.9 Å². The van der Waals surface area contributed by atoms with Crippen molar-refractivity contribution in [2.45, 2.75) is 6.92 Å². The summed E-state index contributed by atoms with van der Waals surface area (Å²) >= 11 is 5.93. The first-order chi connectivity index (χ1) is 15.7. The number of aromatic nitrogens is 2. The smallest absolute Gasteiger partial charge is 0.254 e. The van der Waals surface area contributed by atoms with Crippen molar-refractivity contribution in [3.05, 3.63) is 94.1 Å². The molecule has 0 spiro atoms. The van der Waals surface area contributed by atoms with Crippen LogP contribution in [0.5, 0.6) is 0 Å². The van der Waals surface area contributed by atoms with Gasteiger partial charge in [0.15, 0.2) is 5.82 Å². The first kappa shape index (κ1) is 22.6. The van der Waals surface area contributed by atoms with Crippen molar-refractivity contribution in [1.82, 2.24) is 9.97 Å². The van der Waals surface area contributed by atoms with Crippen molar-refractivity contribution in [3.8, 4) is 11.1 Å². The number of hydrogen-bond donors (Lipinski definition) is 2. The maximum atomic E-state index is 15.1. The summed E-state index contributed by atoms with van der Waals surface area (Å²) in [6.07, 6.45) is 4.14. The van der Waals surface area contributed by atoms with Crippen LogP contribution in [-0.2, 0) is 10.0 Å². The average molecular weight is 488 g/mol. The number of nitrogens with one attached hydrogen (secondary N) is 2. The van der Waals surface area contributed by atoms with E-state index in [0.717, 1.165) is 23.1 Å². The minimum absolute atomic E-state index is 0.0143. The molecule has 0 aliphatic rings. The Balaban J connectivity index is 1.79. The number of H-pyrrole nitrogens is 1. The number of aromatic amines is 1. The van der Waals surface area contributed by atoms with Crippen LogP contribution in [-0.4, -0.2) is 24.2 Å². The molecule has 10 heteroatoms. The van der Waals surface area contributed by atoms with Gasteiger partial charge in [0.1, 0.15) is 11.5 Å². The van der Waals surface area contributed by atoms with E-state index in [4.69, 9.17) is 11.6 Å². The summed E-state index contributed by atoms with van der Waals surface area (Å²) in [5, 5.41) is 1.73. The van der Waals surface area contributed by atoms with E-state index in [1.807, 2.05) is 4.72 Å². The molecule has 2 aromatic heterocycles. The SMILES string of the molecule is C/C=C/S(=O)(=O)Nc1ccc(F)c(C(=O)c2c[nH]c3ncc(-c4ccc(Cl)cc4)cc23)c1F. The summed E-state index contributed by atoms with van der Waals surface area (Å²) in [6, 6.07) is 10.4. The monoisotopic (exact) mass is 487 g/mol. The summed E-state index contributed by atoms with van der Waals surface area (Å²) in [7, 11) is -4.02. The Morgan fingerprint density at radius 2 is 1.85 bits per heavy atom. The molecule has 2 heterocycles. The summed E-state index contributed by atoms with van der Waals surface area (Å²) in [4.78, 5) is 20.3. The van der Waals surface area contributed by atoms with Crippen LogP contribution in [0.4, 0.5) is 14.5 Å². The largest absolute Gasteiger partial charge is 0.345 e. The number of benzene rings is 2. The predicted molar refractivity (Wildman–Crippen MR) is 124 cm³/mol. The van der Waals surface area contributed by atoms with Gasteiger partial charge in [0.05, 0.1) is 11.3 Å². The standard InChI is InChI=1S/C23H16ClF2N3O3S/c1-2-9-33(31,32)29-19-8-7-18(25)20(21(19)26)22(30)17-12-28-23-16(17)10-14(11-27-23)13-3-5-15(24)6-4-13/h2-12,29H,1H3,(H,27,28)/b9-2+. The Kier molecular flexibility index (Phi) is 6.01.